The lowest BCUT2D eigenvalue weighted by Gasteiger charge is -2.41. The van der Waals surface area contributed by atoms with E-state index in [1.54, 1.807) is 0 Å². The normalized spacial score (nSPS) is 22.9. The summed E-state index contributed by atoms with van der Waals surface area (Å²) in [6.45, 7) is 4.23. The minimum absolute atomic E-state index is 0.0691. The Kier molecular flexibility index (Phi) is 33.5. The van der Waals surface area contributed by atoms with E-state index >= 15 is 0 Å². The van der Waals surface area contributed by atoms with Crippen molar-refractivity contribution in [1.29, 1.82) is 0 Å². The number of hydrogen-bond donors (Lipinski definition) is 6. The Hall–Kier alpha value is -0.660. The van der Waals surface area contributed by atoms with Gasteiger partial charge in [0.25, 0.3) is 0 Å². The van der Waals surface area contributed by atoms with Crippen LogP contribution in [-0.4, -0.2) is 98.9 Å². The van der Waals surface area contributed by atoms with Crippen LogP contribution in [0.2, 0.25) is 0 Å². The monoisotopic (exact) mass is 825 g/mol. The second kappa shape index (κ2) is 35.1. The number of phosphoric ester groups is 1. The standard InChI is InChI=1S/C43H85O12P/c1-3-5-7-9-11-12-13-14-15-16-17-18-19-20-21-22-23-24-25-27-29-31-33-52-34-36(54-37(44)32-30-28-26-10-8-6-4-2)35-53-56(50,51)55-43-41(48)39(46)38(45)40(47)42(43)49/h36,38-43,45-49H,3-35H2,1-2H3,(H,50,51). The number of esters is 1. The van der Waals surface area contributed by atoms with Gasteiger partial charge in [-0.3, -0.25) is 13.8 Å². The third kappa shape index (κ3) is 27.2. The molecule has 0 heterocycles. The van der Waals surface area contributed by atoms with E-state index in [9.17, 15) is 39.8 Å². The Labute approximate surface area is 340 Å². The number of carbonyl (C=O) groups excluding carboxylic acids is 1. The zero-order valence-corrected chi connectivity index (χ0v) is 36.4. The summed E-state index contributed by atoms with van der Waals surface area (Å²) in [5.74, 6) is -0.479. The van der Waals surface area contributed by atoms with E-state index in [0.717, 1.165) is 44.9 Å². The van der Waals surface area contributed by atoms with Crippen molar-refractivity contribution >= 4 is 13.8 Å². The molecule has 12 nitrogen and oxygen atoms in total. The summed E-state index contributed by atoms with van der Waals surface area (Å²) in [7, 11) is -5.00. The lowest BCUT2D eigenvalue weighted by molar-refractivity contribution is -0.220. The van der Waals surface area contributed by atoms with E-state index in [4.69, 9.17) is 18.5 Å². The molecule has 13 heteroatoms. The van der Waals surface area contributed by atoms with Gasteiger partial charge in [-0.05, 0) is 12.8 Å². The van der Waals surface area contributed by atoms with E-state index in [2.05, 4.69) is 13.8 Å². The molecule has 1 aliphatic rings. The minimum Gasteiger partial charge on any atom is -0.457 e. The van der Waals surface area contributed by atoms with Crippen LogP contribution in [-0.2, 0) is 27.9 Å². The molecule has 0 radical (unpaired) electrons. The molecule has 56 heavy (non-hydrogen) atoms. The van der Waals surface area contributed by atoms with E-state index in [1.165, 1.54) is 135 Å². The fraction of sp³-hybridized carbons (Fsp3) is 0.977. The van der Waals surface area contributed by atoms with Gasteiger partial charge < -0.3 is 39.9 Å². The van der Waals surface area contributed by atoms with Gasteiger partial charge in [0.05, 0.1) is 13.2 Å². The highest BCUT2D eigenvalue weighted by Gasteiger charge is 2.51. The van der Waals surface area contributed by atoms with E-state index in [-0.39, 0.29) is 13.0 Å². The molecule has 1 aliphatic carbocycles. The number of unbranched alkanes of at least 4 members (excludes halogenated alkanes) is 27. The smallest absolute Gasteiger partial charge is 0.457 e. The van der Waals surface area contributed by atoms with E-state index < -0.39 is 63.1 Å². The second-order valence-corrected chi connectivity index (χ2v) is 17.7. The van der Waals surface area contributed by atoms with Gasteiger partial charge in [0.2, 0.25) is 0 Å². The third-order valence-corrected chi connectivity index (χ3v) is 12.0. The van der Waals surface area contributed by atoms with Crippen molar-refractivity contribution in [3.63, 3.8) is 0 Å². The molecule has 0 bridgehead atoms. The number of carbonyl (C=O) groups is 1. The minimum atomic E-state index is -5.00. The van der Waals surface area contributed by atoms with Gasteiger partial charge >= 0.3 is 13.8 Å². The maximum absolute atomic E-state index is 12.7. The molecule has 6 N–H and O–H groups in total. The fourth-order valence-corrected chi connectivity index (χ4v) is 8.27. The molecule has 0 aromatic rings. The summed E-state index contributed by atoms with van der Waals surface area (Å²) in [5, 5.41) is 50.0. The average molecular weight is 825 g/mol. The van der Waals surface area contributed by atoms with Crippen LogP contribution in [0, 0.1) is 0 Å². The van der Waals surface area contributed by atoms with Crippen LogP contribution >= 0.6 is 7.82 Å². The Bertz CT molecular complexity index is 942. The zero-order chi connectivity index (χ0) is 41.3. The van der Waals surface area contributed by atoms with Crippen LogP contribution in [0.5, 0.6) is 0 Å². The number of aliphatic hydroxyl groups is 5. The molecule has 6 atom stereocenters. The van der Waals surface area contributed by atoms with Gasteiger partial charge in [0.1, 0.15) is 42.7 Å². The number of rotatable bonds is 39. The molecule has 0 amide bonds. The first-order chi connectivity index (χ1) is 27.0. The van der Waals surface area contributed by atoms with Crippen molar-refractivity contribution < 1.29 is 58.3 Å². The summed E-state index contributed by atoms with van der Waals surface area (Å²) in [6, 6.07) is 0. The molecule has 334 valence electrons. The highest BCUT2D eigenvalue weighted by atomic mass is 31.2. The van der Waals surface area contributed by atoms with E-state index in [0.29, 0.717) is 13.0 Å². The van der Waals surface area contributed by atoms with Crippen molar-refractivity contribution in [3.8, 4) is 0 Å². The molecular weight excluding hydrogens is 739 g/mol. The lowest BCUT2D eigenvalue weighted by atomic mass is 9.85. The van der Waals surface area contributed by atoms with Gasteiger partial charge in [-0.15, -0.1) is 0 Å². The Morgan fingerprint density at radius 1 is 0.500 bits per heavy atom. The summed E-state index contributed by atoms with van der Waals surface area (Å²) in [6.07, 6.45) is 23.6. The van der Waals surface area contributed by atoms with Gasteiger partial charge in [0.15, 0.2) is 0 Å². The molecule has 1 saturated carbocycles. The second-order valence-electron chi connectivity index (χ2n) is 16.3. The topological polar surface area (TPSA) is 192 Å². The maximum atomic E-state index is 12.7. The number of hydrogen-bond acceptors (Lipinski definition) is 11. The molecule has 1 fully saturated rings. The maximum Gasteiger partial charge on any atom is 0.472 e. The highest BCUT2D eigenvalue weighted by molar-refractivity contribution is 7.47. The van der Waals surface area contributed by atoms with Crippen LogP contribution in [0.1, 0.15) is 206 Å². The fourth-order valence-electron chi connectivity index (χ4n) is 7.30. The SMILES string of the molecule is CCCCCCCCCCCCCCCCCCCCCCCCOCC(COP(=O)(O)OC1C(O)C(O)C(O)C(O)C1O)OC(=O)CCCCCCCCC. The molecule has 0 aromatic carbocycles. The van der Waals surface area contributed by atoms with Gasteiger partial charge in [-0.2, -0.15) is 0 Å². The van der Waals surface area contributed by atoms with Crippen molar-refractivity contribution in [2.24, 2.45) is 0 Å². The molecule has 0 spiro atoms. The van der Waals surface area contributed by atoms with Crippen LogP contribution < -0.4 is 0 Å². The molecule has 1 rings (SSSR count). The first-order valence-corrected chi connectivity index (χ1v) is 24.4. The van der Waals surface area contributed by atoms with Crippen LogP contribution in [0.15, 0.2) is 0 Å². The lowest BCUT2D eigenvalue weighted by Crippen LogP contribution is -2.64. The molecule has 6 unspecified atom stereocenters. The predicted octanol–water partition coefficient (Wildman–Crippen LogP) is 8.98. The molecule has 0 saturated heterocycles. The van der Waals surface area contributed by atoms with Crippen molar-refractivity contribution in [2.45, 2.75) is 249 Å². The van der Waals surface area contributed by atoms with Gasteiger partial charge in [-0.1, -0.05) is 187 Å². The molecule has 0 aliphatic heterocycles. The highest BCUT2D eigenvalue weighted by Crippen LogP contribution is 2.47. The largest absolute Gasteiger partial charge is 0.472 e. The van der Waals surface area contributed by atoms with Gasteiger partial charge in [0, 0.05) is 13.0 Å². The molecular formula is C43H85O12P. The number of ether oxygens (including phenoxy) is 2. The third-order valence-electron chi connectivity index (χ3n) is 11.0. The van der Waals surface area contributed by atoms with Crippen LogP contribution in [0.25, 0.3) is 0 Å². The number of aliphatic hydroxyl groups excluding tert-OH is 5. The Morgan fingerprint density at radius 3 is 1.23 bits per heavy atom. The summed E-state index contributed by atoms with van der Waals surface area (Å²) < 4.78 is 34.0. The van der Waals surface area contributed by atoms with Crippen LogP contribution in [0.3, 0.4) is 0 Å². The average Bonchev–Trinajstić information content (AvgIpc) is 3.18. The predicted molar refractivity (Wildman–Crippen MR) is 221 cm³/mol. The summed E-state index contributed by atoms with van der Waals surface area (Å²) >= 11 is 0. The number of phosphoric acid groups is 1. The van der Waals surface area contributed by atoms with Crippen LogP contribution in [0.4, 0.5) is 0 Å². The van der Waals surface area contributed by atoms with Crippen molar-refractivity contribution in [1.82, 2.24) is 0 Å². The first-order valence-electron chi connectivity index (χ1n) is 22.9. The summed E-state index contributed by atoms with van der Waals surface area (Å²) in [4.78, 5) is 22.9. The summed E-state index contributed by atoms with van der Waals surface area (Å²) in [5.41, 5.74) is 0. The van der Waals surface area contributed by atoms with Crippen molar-refractivity contribution in [3.05, 3.63) is 0 Å². The van der Waals surface area contributed by atoms with Gasteiger partial charge in [-0.25, -0.2) is 4.57 Å². The van der Waals surface area contributed by atoms with E-state index in [1.807, 2.05) is 0 Å². The Morgan fingerprint density at radius 2 is 0.839 bits per heavy atom. The Balaban J connectivity index is 2.25. The van der Waals surface area contributed by atoms with Crippen molar-refractivity contribution in [2.75, 3.05) is 19.8 Å². The zero-order valence-electron chi connectivity index (χ0n) is 35.5. The quantitative estimate of drug-likeness (QED) is 0.0196. The molecule has 0 aromatic heterocycles. The first kappa shape index (κ1) is 53.4.